The number of ether oxygens (including phenoxy) is 2. The van der Waals surface area contributed by atoms with E-state index in [2.05, 4.69) is 24.1 Å². The molecule has 1 aliphatic rings. The van der Waals surface area contributed by atoms with Gasteiger partial charge < -0.3 is 14.8 Å². The van der Waals surface area contributed by atoms with Crippen molar-refractivity contribution in [3.05, 3.63) is 76.2 Å². The molecule has 7 heteroatoms. The molecule has 1 aromatic heterocycles. The SMILES string of the molecule is CCOC(=O)c1c(NC(=O)c2ccc(Oc3ccccc3)cc2)sc2c1CCN(C(C)C)C2. The van der Waals surface area contributed by atoms with Crippen LogP contribution in [-0.4, -0.2) is 36.0 Å². The summed E-state index contributed by atoms with van der Waals surface area (Å²) in [7, 11) is 0. The highest BCUT2D eigenvalue weighted by Gasteiger charge is 2.30. The number of fused-ring (bicyclic) bond motifs is 1. The third-order valence-corrected chi connectivity index (χ3v) is 6.75. The van der Waals surface area contributed by atoms with Gasteiger partial charge in [-0.2, -0.15) is 0 Å². The van der Waals surface area contributed by atoms with Crippen LogP contribution >= 0.6 is 11.3 Å². The molecule has 33 heavy (non-hydrogen) atoms. The number of esters is 1. The molecule has 4 rings (SSSR count). The minimum Gasteiger partial charge on any atom is -0.462 e. The largest absolute Gasteiger partial charge is 0.462 e. The third kappa shape index (κ3) is 5.26. The smallest absolute Gasteiger partial charge is 0.341 e. The fourth-order valence-electron chi connectivity index (χ4n) is 3.85. The summed E-state index contributed by atoms with van der Waals surface area (Å²) in [5.74, 6) is 0.722. The Labute approximate surface area is 198 Å². The first-order chi connectivity index (χ1) is 16.0. The second kappa shape index (κ2) is 10.2. The first-order valence-corrected chi connectivity index (χ1v) is 12.0. The number of amides is 1. The lowest BCUT2D eigenvalue weighted by atomic mass is 10.0. The molecular weight excluding hydrogens is 436 g/mol. The predicted molar refractivity (Wildman–Crippen MR) is 130 cm³/mol. The van der Waals surface area contributed by atoms with Gasteiger partial charge >= 0.3 is 5.97 Å². The minimum absolute atomic E-state index is 0.272. The number of rotatable bonds is 7. The lowest BCUT2D eigenvalue weighted by molar-refractivity contribution is 0.0526. The first kappa shape index (κ1) is 23.0. The predicted octanol–water partition coefficient (Wildman–Crippen LogP) is 5.74. The Balaban J connectivity index is 1.54. The van der Waals surface area contributed by atoms with Gasteiger partial charge in [0, 0.05) is 29.6 Å². The monoisotopic (exact) mass is 464 g/mol. The second-order valence-electron chi connectivity index (χ2n) is 8.14. The molecule has 0 atom stereocenters. The molecule has 172 valence electrons. The van der Waals surface area contributed by atoms with E-state index in [1.807, 2.05) is 30.3 Å². The Morgan fingerprint density at radius 2 is 1.76 bits per heavy atom. The summed E-state index contributed by atoms with van der Waals surface area (Å²) in [4.78, 5) is 29.2. The van der Waals surface area contributed by atoms with Crippen molar-refractivity contribution >= 4 is 28.2 Å². The van der Waals surface area contributed by atoms with Crippen molar-refractivity contribution in [3.8, 4) is 11.5 Å². The zero-order valence-electron chi connectivity index (χ0n) is 19.1. The maximum absolute atomic E-state index is 13.0. The molecule has 0 aliphatic carbocycles. The Morgan fingerprint density at radius 1 is 1.06 bits per heavy atom. The highest BCUT2D eigenvalue weighted by molar-refractivity contribution is 7.17. The van der Waals surface area contributed by atoms with Crippen molar-refractivity contribution in [2.75, 3.05) is 18.5 Å². The van der Waals surface area contributed by atoms with Crippen molar-refractivity contribution in [2.24, 2.45) is 0 Å². The van der Waals surface area contributed by atoms with E-state index in [-0.39, 0.29) is 18.5 Å². The standard InChI is InChI=1S/C26H28N2O4S/c1-4-31-26(30)23-21-14-15-28(17(2)3)16-22(21)33-25(23)27-24(29)18-10-12-20(13-11-18)32-19-8-6-5-7-9-19/h5-13,17H,4,14-16H2,1-3H3,(H,27,29). The van der Waals surface area contributed by atoms with Gasteiger partial charge in [0.05, 0.1) is 12.2 Å². The van der Waals surface area contributed by atoms with Crippen LogP contribution in [0.15, 0.2) is 54.6 Å². The molecule has 2 heterocycles. The number of nitrogens with one attached hydrogen (secondary N) is 1. The number of hydrogen-bond acceptors (Lipinski definition) is 6. The van der Waals surface area contributed by atoms with Crippen molar-refractivity contribution in [3.63, 3.8) is 0 Å². The summed E-state index contributed by atoms with van der Waals surface area (Å²) in [6.45, 7) is 8.05. The van der Waals surface area contributed by atoms with Gasteiger partial charge in [-0.05, 0) is 69.2 Å². The van der Waals surface area contributed by atoms with Gasteiger partial charge in [0.15, 0.2) is 0 Å². The van der Waals surface area contributed by atoms with Crippen LogP contribution < -0.4 is 10.1 Å². The fourth-order valence-corrected chi connectivity index (χ4v) is 5.10. The second-order valence-corrected chi connectivity index (χ2v) is 9.24. The molecule has 0 radical (unpaired) electrons. The van der Waals surface area contributed by atoms with Crippen LogP contribution in [0.2, 0.25) is 0 Å². The van der Waals surface area contributed by atoms with E-state index in [9.17, 15) is 9.59 Å². The van der Waals surface area contributed by atoms with Crippen LogP contribution in [0, 0.1) is 0 Å². The van der Waals surface area contributed by atoms with Crippen molar-refractivity contribution in [1.29, 1.82) is 0 Å². The molecule has 2 aromatic carbocycles. The number of carbonyl (C=O) groups is 2. The Hall–Kier alpha value is -3.16. The normalized spacial score (nSPS) is 13.5. The minimum atomic E-state index is -0.380. The van der Waals surface area contributed by atoms with E-state index >= 15 is 0 Å². The molecule has 1 N–H and O–H groups in total. The topological polar surface area (TPSA) is 67.9 Å². The molecule has 0 saturated heterocycles. The summed E-state index contributed by atoms with van der Waals surface area (Å²) in [6, 6.07) is 16.8. The fraction of sp³-hybridized carbons (Fsp3) is 0.308. The number of hydrogen-bond donors (Lipinski definition) is 1. The van der Waals surface area contributed by atoms with Gasteiger partial charge in [0.25, 0.3) is 5.91 Å². The average Bonchev–Trinajstić information content (AvgIpc) is 3.17. The van der Waals surface area contributed by atoms with Crippen LogP contribution in [0.1, 0.15) is 51.9 Å². The van der Waals surface area contributed by atoms with Crippen LogP contribution in [0.5, 0.6) is 11.5 Å². The number of thiophene rings is 1. The Morgan fingerprint density at radius 3 is 2.42 bits per heavy atom. The van der Waals surface area contributed by atoms with E-state index < -0.39 is 0 Å². The molecule has 0 fully saturated rings. The number of benzene rings is 2. The van der Waals surface area contributed by atoms with Crippen molar-refractivity contribution in [2.45, 2.75) is 39.8 Å². The lowest BCUT2D eigenvalue weighted by Crippen LogP contribution is -2.35. The highest BCUT2D eigenvalue weighted by atomic mass is 32.1. The van der Waals surface area contributed by atoms with Gasteiger partial charge in [-0.1, -0.05) is 18.2 Å². The quantitative estimate of drug-likeness (QED) is 0.452. The summed E-state index contributed by atoms with van der Waals surface area (Å²) in [6.07, 6.45) is 0.763. The molecule has 0 saturated carbocycles. The van der Waals surface area contributed by atoms with E-state index in [0.717, 1.165) is 35.7 Å². The van der Waals surface area contributed by atoms with Crippen LogP contribution in [0.25, 0.3) is 0 Å². The van der Waals surface area contributed by atoms with E-state index in [4.69, 9.17) is 9.47 Å². The molecule has 0 unspecified atom stereocenters. The Kier molecular flexibility index (Phi) is 7.11. The maximum Gasteiger partial charge on any atom is 0.341 e. The molecule has 1 amide bonds. The zero-order chi connectivity index (χ0) is 23.4. The highest BCUT2D eigenvalue weighted by Crippen LogP contribution is 2.38. The summed E-state index contributed by atoms with van der Waals surface area (Å²) >= 11 is 1.47. The van der Waals surface area contributed by atoms with Crippen LogP contribution in [0.4, 0.5) is 5.00 Å². The van der Waals surface area contributed by atoms with Gasteiger partial charge in [-0.3, -0.25) is 9.69 Å². The first-order valence-electron chi connectivity index (χ1n) is 11.2. The molecule has 0 spiro atoms. The maximum atomic E-state index is 13.0. The van der Waals surface area contributed by atoms with Gasteiger partial charge in [0.2, 0.25) is 0 Å². The summed E-state index contributed by atoms with van der Waals surface area (Å²) in [5, 5.41) is 3.51. The number of nitrogens with zero attached hydrogens (tertiary/aromatic N) is 1. The molecule has 1 aliphatic heterocycles. The number of anilines is 1. The summed E-state index contributed by atoms with van der Waals surface area (Å²) < 4.78 is 11.1. The van der Waals surface area contributed by atoms with Crippen LogP contribution in [-0.2, 0) is 17.7 Å². The summed E-state index contributed by atoms with van der Waals surface area (Å²) in [5.41, 5.74) is 1.98. The number of carbonyl (C=O) groups excluding carboxylic acids is 2. The third-order valence-electron chi connectivity index (χ3n) is 5.62. The van der Waals surface area contributed by atoms with Gasteiger partial charge in [-0.15, -0.1) is 11.3 Å². The molecule has 3 aromatic rings. The van der Waals surface area contributed by atoms with E-state index in [1.54, 1.807) is 31.2 Å². The molecule has 0 bridgehead atoms. The number of para-hydroxylation sites is 1. The molecule has 6 nitrogen and oxygen atoms in total. The Bertz CT molecular complexity index is 1120. The lowest BCUT2D eigenvalue weighted by Gasteiger charge is -2.30. The average molecular weight is 465 g/mol. The van der Waals surface area contributed by atoms with E-state index in [0.29, 0.717) is 27.9 Å². The van der Waals surface area contributed by atoms with Gasteiger partial charge in [0.1, 0.15) is 16.5 Å². The van der Waals surface area contributed by atoms with E-state index in [1.165, 1.54) is 11.3 Å². The van der Waals surface area contributed by atoms with Crippen molar-refractivity contribution in [1.82, 2.24) is 4.90 Å². The van der Waals surface area contributed by atoms with Gasteiger partial charge in [-0.25, -0.2) is 4.79 Å². The van der Waals surface area contributed by atoms with Crippen molar-refractivity contribution < 1.29 is 19.1 Å². The van der Waals surface area contributed by atoms with Crippen LogP contribution in [0.3, 0.4) is 0 Å². The zero-order valence-corrected chi connectivity index (χ0v) is 19.9. The molecular formula is C26H28N2O4S.